The summed E-state index contributed by atoms with van der Waals surface area (Å²) in [4.78, 5) is 0. The molecule has 1 saturated carbocycles. The van der Waals surface area contributed by atoms with Crippen LogP contribution in [0.3, 0.4) is 0 Å². The van der Waals surface area contributed by atoms with Crippen molar-refractivity contribution >= 4 is 0 Å². The van der Waals surface area contributed by atoms with Gasteiger partial charge in [0.05, 0.1) is 0 Å². The molecule has 1 aliphatic rings. The average molecular weight is 166 g/mol. The first kappa shape index (κ1) is 9.83. The van der Waals surface area contributed by atoms with Gasteiger partial charge in [0, 0.05) is 0 Å². The maximum atomic E-state index is 2.39. The quantitative estimate of drug-likeness (QED) is 0.540. The molecule has 0 aromatic carbocycles. The Bertz CT molecular complexity index is 149. The van der Waals surface area contributed by atoms with Gasteiger partial charge in [-0.2, -0.15) is 0 Å². The van der Waals surface area contributed by atoms with E-state index < -0.39 is 0 Å². The standard InChI is InChI=1S/C12H22/c1-4-10(2)11(3)12-8-6-5-7-9-12/h4,11-12H,5-9H2,1-3H3. The fourth-order valence-corrected chi connectivity index (χ4v) is 2.27. The first-order valence-corrected chi connectivity index (χ1v) is 5.38. The van der Waals surface area contributed by atoms with Crippen molar-refractivity contribution in [3.05, 3.63) is 11.6 Å². The third-order valence-corrected chi connectivity index (χ3v) is 3.53. The summed E-state index contributed by atoms with van der Waals surface area (Å²) in [6, 6.07) is 0. The van der Waals surface area contributed by atoms with Gasteiger partial charge in [-0.3, -0.25) is 0 Å². The fourth-order valence-electron chi connectivity index (χ4n) is 2.27. The zero-order valence-electron chi connectivity index (χ0n) is 8.77. The minimum Gasteiger partial charge on any atom is -0.0885 e. The van der Waals surface area contributed by atoms with Crippen LogP contribution in [0.4, 0.5) is 0 Å². The van der Waals surface area contributed by atoms with Gasteiger partial charge in [0.2, 0.25) is 0 Å². The number of allylic oxidation sites excluding steroid dienone is 2. The molecule has 0 aromatic rings. The Kier molecular flexibility index (Phi) is 3.84. The van der Waals surface area contributed by atoms with E-state index in [9.17, 15) is 0 Å². The highest BCUT2D eigenvalue weighted by molar-refractivity contribution is 5.02. The van der Waals surface area contributed by atoms with Crippen LogP contribution in [-0.4, -0.2) is 0 Å². The summed E-state index contributed by atoms with van der Waals surface area (Å²) < 4.78 is 0. The molecule has 0 nitrogen and oxygen atoms in total. The molecule has 0 radical (unpaired) electrons. The second-order valence-electron chi connectivity index (χ2n) is 4.22. The van der Waals surface area contributed by atoms with Crippen LogP contribution in [0.5, 0.6) is 0 Å². The van der Waals surface area contributed by atoms with Crippen molar-refractivity contribution in [3.63, 3.8) is 0 Å². The summed E-state index contributed by atoms with van der Waals surface area (Å²) in [6.07, 6.45) is 9.61. The van der Waals surface area contributed by atoms with E-state index in [1.807, 2.05) is 0 Å². The molecule has 1 unspecified atom stereocenters. The zero-order chi connectivity index (χ0) is 8.97. The Morgan fingerprint density at radius 3 is 2.33 bits per heavy atom. The van der Waals surface area contributed by atoms with Crippen LogP contribution >= 0.6 is 0 Å². The zero-order valence-corrected chi connectivity index (χ0v) is 8.77. The van der Waals surface area contributed by atoms with Crippen molar-refractivity contribution in [2.75, 3.05) is 0 Å². The Morgan fingerprint density at radius 1 is 1.25 bits per heavy atom. The van der Waals surface area contributed by atoms with E-state index in [2.05, 4.69) is 26.8 Å². The molecule has 0 aromatic heterocycles. The Labute approximate surface area is 77.1 Å². The first-order chi connectivity index (χ1) is 5.75. The van der Waals surface area contributed by atoms with Crippen LogP contribution in [0.1, 0.15) is 52.9 Å². The minimum absolute atomic E-state index is 0.829. The van der Waals surface area contributed by atoms with E-state index in [0.717, 1.165) is 11.8 Å². The van der Waals surface area contributed by atoms with Crippen LogP contribution < -0.4 is 0 Å². The molecule has 0 heteroatoms. The van der Waals surface area contributed by atoms with Crippen LogP contribution in [0.25, 0.3) is 0 Å². The smallest absolute Gasteiger partial charge is 0.0206 e. The van der Waals surface area contributed by atoms with Gasteiger partial charge in [0.25, 0.3) is 0 Å². The number of rotatable bonds is 2. The van der Waals surface area contributed by atoms with Gasteiger partial charge >= 0.3 is 0 Å². The summed E-state index contributed by atoms with van der Waals surface area (Å²) in [5.41, 5.74) is 1.59. The van der Waals surface area contributed by atoms with E-state index in [0.29, 0.717) is 0 Å². The van der Waals surface area contributed by atoms with Crippen molar-refractivity contribution in [1.29, 1.82) is 0 Å². The molecule has 0 saturated heterocycles. The Morgan fingerprint density at radius 2 is 1.83 bits per heavy atom. The predicted molar refractivity (Wildman–Crippen MR) is 55.2 cm³/mol. The maximum Gasteiger partial charge on any atom is -0.0206 e. The van der Waals surface area contributed by atoms with Gasteiger partial charge in [-0.05, 0) is 38.5 Å². The average Bonchev–Trinajstić information content (AvgIpc) is 2.17. The van der Waals surface area contributed by atoms with Gasteiger partial charge in [0.15, 0.2) is 0 Å². The lowest BCUT2D eigenvalue weighted by Crippen LogP contribution is -2.16. The van der Waals surface area contributed by atoms with Gasteiger partial charge < -0.3 is 0 Å². The molecule has 0 spiro atoms. The van der Waals surface area contributed by atoms with Crippen LogP contribution in [0.15, 0.2) is 11.6 Å². The minimum atomic E-state index is 0.829. The molecule has 1 rings (SSSR count). The van der Waals surface area contributed by atoms with Gasteiger partial charge in [0.1, 0.15) is 0 Å². The lowest BCUT2D eigenvalue weighted by Gasteiger charge is -2.28. The van der Waals surface area contributed by atoms with Crippen molar-refractivity contribution in [2.45, 2.75) is 52.9 Å². The molecule has 0 heterocycles. The third kappa shape index (κ3) is 2.36. The molecular formula is C12H22. The molecular weight excluding hydrogens is 144 g/mol. The monoisotopic (exact) mass is 166 g/mol. The summed E-state index contributed by atoms with van der Waals surface area (Å²) in [6.45, 7) is 6.83. The highest BCUT2D eigenvalue weighted by Crippen LogP contribution is 2.33. The SMILES string of the molecule is CC=C(C)C(C)C1CCCCC1. The number of hydrogen-bond donors (Lipinski definition) is 0. The summed E-state index contributed by atoms with van der Waals surface area (Å²) in [7, 11) is 0. The maximum absolute atomic E-state index is 2.39. The molecule has 1 aliphatic carbocycles. The van der Waals surface area contributed by atoms with E-state index >= 15 is 0 Å². The molecule has 1 atom stereocenters. The third-order valence-electron chi connectivity index (χ3n) is 3.53. The van der Waals surface area contributed by atoms with Crippen molar-refractivity contribution in [2.24, 2.45) is 11.8 Å². The van der Waals surface area contributed by atoms with Crippen molar-refractivity contribution in [1.82, 2.24) is 0 Å². The van der Waals surface area contributed by atoms with Gasteiger partial charge in [-0.15, -0.1) is 0 Å². The lowest BCUT2D eigenvalue weighted by molar-refractivity contribution is 0.290. The summed E-state index contributed by atoms with van der Waals surface area (Å²) >= 11 is 0. The normalized spacial score (nSPS) is 24.1. The summed E-state index contributed by atoms with van der Waals surface area (Å²) in [5.74, 6) is 1.81. The molecule has 0 amide bonds. The molecule has 70 valence electrons. The molecule has 0 bridgehead atoms. The second-order valence-corrected chi connectivity index (χ2v) is 4.22. The van der Waals surface area contributed by atoms with Crippen molar-refractivity contribution in [3.8, 4) is 0 Å². The fraction of sp³-hybridized carbons (Fsp3) is 0.833. The summed E-state index contributed by atoms with van der Waals surface area (Å²) in [5, 5.41) is 0. The molecule has 1 fully saturated rings. The van der Waals surface area contributed by atoms with Crippen LogP contribution in [0, 0.1) is 11.8 Å². The molecule has 0 aliphatic heterocycles. The number of hydrogen-bond acceptors (Lipinski definition) is 0. The predicted octanol–water partition coefficient (Wildman–Crippen LogP) is 4.17. The highest BCUT2D eigenvalue weighted by Gasteiger charge is 2.20. The van der Waals surface area contributed by atoms with E-state index in [4.69, 9.17) is 0 Å². The van der Waals surface area contributed by atoms with Gasteiger partial charge in [-0.25, -0.2) is 0 Å². The Hall–Kier alpha value is -0.260. The first-order valence-electron chi connectivity index (χ1n) is 5.38. The van der Waals surface area contributed by atoms with Crippen molar-refractivity contribution < 1.29 is 0 Å². The molecule has 12 heavy (non-hydrogen) atoms. The molecule has 0 N–H and O–H groups in total. The van der Waals surface area contributed by atoms with Crippen LogP contribution in [0.2, 0.25) is 0 Å². The highest BCUT2D eigenvalue weighted by atomic mass is 14.3. The van der Waals surface area contributed by atoms with E-state index in [1.54, 1.807) is 5.57 Å². The second kappa shape index (κ2) is 4.69. The van der Waals surface area contributed by atoms with E-state index in [-0.39, 0.29) is 0 Å². The Balaban J connectivity index is 2.44. The lowest BCUT2D eigenvalue weighted by atomic mass is 9.78. The van der Waals surface area contributed by atoms with Gasteiger partial charge in [-0.1, -0.05) is 37.8 Å². The topological polar surface area (TPSA) is 0 Å². The van der Waals surface area contributed by atoms with Crippen LogP contribution in [-0.2, 0) is 0 Å². The van der Waals surface area contributed by atoms with E-state index in [1.165, 1.54) is 32.1 Å². The largest absolute Gasteiger partial charge is 0.0885 e.